The average Bonchev–Trinajstić information content (AvgIpc) is 3.64. The summed E-state index contributed by atoms with van der Waals surface area (Å²) in [5.74, 6) is 0.921. The van der Waals surface area contributed by atoms with Crippen molar-refractivity contribution in [1.29, 1.82) is 0 Å². The number of carbonyl (C=O) groups is 1. The van der Waals surface area contributed by atoms with Crippen LogP contribution in [0.25, 0.3) is 22.3 Å². The first kappa shape index (κ1) is 20.9. The minimum Gasteiger partial charge on any atom is -0.354 e. The van der Waals surface area contributed by atoms with Crippen molar-refractivity contribution in [3.63, 3.8) is 0 Å². The van der Waals surface area contributed by atoms with Gasteiger partial charge < -0.3 is 9.47 Å². The monoisotopic (exact) mass is 453 g/mol. The van der Waals surface area contributed by atoms with Crippen molar-refractivity contribution in [2.75, 3.05) is 31.1 Å². The molecule has 172 valence electrons. The Balaban J connectivity index is 1.18. The van der Waals surface area contributed by atoms with Crippen molar-refractivity contribution < 1.29 is 4.79 Å². The van der Waals surface area contributed by atoms with Gasteiger partial charge in [0.15, 0.2) is 5.78 Å². The fourth-order valence-corrected chi connectivity index (χ4v) is 4.69. The molecule has 2 fully saturated rings. The SMILES string of the molecule is Cn1cncc1-c1ccc2cnc(CC(=O)c3ccnc(N4CCN(C5CC5)CC4)c3)cc2n1. The molecule has 0 unspecified atom stereocenters. The molecule has 5 heterocycles. The van der Waals surface area contributed by atoms with Crippen molar-refractivity contribution >= 4 is 22.5 Å². The lowest BCUT2D eigenvalue weighted by Gasteiger charge is -2.35. The number of piperazine rings is 1. The van der Waals surface area contributed by atoms with Gasteiger partial charge in [-0.15, -0.1) is 0 Å². The minimum atomic E-state index is 0.0369. The number of hydrogen-bond donors (Lipinski definition) is 0. The first-order chi connectivity index (χ1) is 16.6. The van der Waals surface area contributed by atoms with Gasteiger partial charge in [0.2, 0.25) is 0 Å². The van der Waals surface area contributed by atoms with E-state index in [4.69, 9.17) is 4.98 Å². The molecule has 2 aliphatic rings. The third-order valence-corrected chi connectivity index (χ3v) is 6.82. The number of aryl methyl sites for hydroxylation is 1. The zero-order chi connectivity index (χ0) is 23.1. The molecule has 34 heavy (non-hydrogen) atoms. The molecule has 8 nitrogen and oxygen atoms in total. The van der Waals surface area contributed by atoms with Gasteiger partial charge in [0.05, 0.1) is 41.5 Å². The van der Waals surface area contributed by atoms with Crippen molar-refractivity contribution in [3.8, 4) is 11.4 Å². The van der Waals surface area contributed by atoms with Crippen LogP contribution in [0.15, 0.2) is 55.2 Å². The van der Waals surface area contributed by atoms with E-state index >= 15 is 0 Å². The molecule has 4 aromatic heterocycles. The van der Waals surface area contributed by atoms with E-state index in [9.17, 15) is 4.79 Å². The molecule has 0 N–H and O–H groups in total. The molecule has 4 aromatic rings. The fourth-order valence-electron chi connectivity index (χ4n) is 4.69. The maximum Gasteiger partial charge on any atom is 0.169 e. The first-order valence-electron chi connectivity index (χ1n) is 11.8. The second kappa shape index (κ2) is 8.61. The molecular formula is C26H27N7O. The van der Waals surface area contributed by atoms with Gasteiger partial charge in [-0.25, -0.2) is 15.0 Å². The highest BCUT2D eigenvalue weighted by Crippen LogP contribution is 2.28. The van der Waals surface area contributed by atoms with E-state index in [0.29, 0.717) is 11.3 Å². The third-order valence-electron chi connectivity index (χ3n) is 6.82. The maximum absolute atomic E-state index is 13.1. The second-order valence-electron chi connectivity index (χ2n) is 9.21. The number of anilines is 1. The quantitative estimate of drug-likeness (QED) is 0.415. The number of rotatable bonds is 6. The van der Waals surface area contributed by atoms with Crippen LogP contribution in [0, 0.1) is 0 Å². The number of ketones is 1. The van der Waals surface area contributed by atoms with Gasteiger partial charge in [0.25, 0.3) is 0 Å². The molecule has 0 spiro atoms. The zero-order valence-corrected chi connectivity index (χ0v) is 19.3. The molecule has 1 aliphatic carbocycles. The maximum atomic E-state index is 13.1. The number of fused-ring (bicyclic) bond motifs is 1. The molecule has 0 atom stereocenters. The van der Waals surface area contributed by atoms with E-state index in [1.165, 1.54) is 12.8 Å². The molecule has 6 rings (SSSR count). The Bertz CT molecular complexity index is 1350. The zero-order valence-electron chi connectivity index (χ0n) is 19.3. The summed E-state index contributed by atoms with van der Waals surface area (Å²) in [4.78, 5) is 36.0. The highest BCUT2D eigenvalue weighted by molar-refractivity contribution is 5.98. The van der Waals surface area contributed by atoms with Gasteiger partial charge in [-0.3, -0.25) is 14.7 Å². The summed E-state index contributed by atoms with van der Waals surface area (Å²) in [5, 5.41) is 0.943. The second-order valence-corrected chi connectivity index (χ2v) is 9.21. The molecule has 1 saturated carbocycles. The van der Waals surface area contributed by atoms with Crippen LogP contribution >= 0.6 is 0 Å². The molecule has 1 aliphatic heterocycles. The highest BCUT2D eigenvalue weighted by atomic mass is 16.1. The van der Waals surface area contributed by atoms with E-state index in [0.717, 1.165) is 60.3 Å². The standard InChI is InChI=1S/C26H27N7O/c1-31-17-27-16-24(31)22-5-2-19-15-29-20(13-23(19)30-22)14-25(34)18-6-7-28-26(12-18)33-10-8-32(9-11-33)21-3-4-21/h2,5-7,12-13,15-17,21H,3-4,8-11,14H2,1H3. The summed E-state index contributed by atoms with van der Waals surface area (Å²) in [6.45, 7) is 4.05. The summed E-state index contributed by atoms with van der Waals surface area (Å²) < 4.78 is 1.94. The normalized spacial score (nSPS) is 16.8. The highest BCUT2D eigenvalue weighted by Gasteiger charge is 2.31. The Morgan fingerprint density at radius 2 is 1.88 bits per heavy atom. The van der Waals surface area contributed by atoms with Crippen LogP contribution in [-0.2, 0) is 13.5 Å². The lowest BCUT2D eigenvalue weighted by Crippen LogP contribution is -2.47. The van der Waals surface area contributed by atoms with Gasteiger partial charge >= 0.3 is 0 Å². The van der Waals surface area contributed by atoms with E-state index in [-0.39, 0.29) is 12.2 Å². The number of imidazole rings is 1. The number of pyridine rings is 3. The number of aromatic nitrogens is 5. The molecule has 0 amide bonds. The van der Waals surface area contributed by atoms with Crippen molar-refractivity contribution in [3.05, 3.63) is 66.5 Å². The van der Waals surface area contributed by atoms with Gasteiger partial charge in [-0.2, -0.15) is 0 Å². The Morgan fingerprint density at radius 1 is 1.03 bits per heavy atom. The van der Waals surface area contributed by atoms with Crippen LogP contribution in [0.3, 0.4) is 0 Å². The number of carbonyl (C=O) groups excluding carboxylic acids is 1. The molecule has 0 bridgehead atoms. The van der Waals surface area contributed by atoms with Gasteiger partial charge in [0.1, 0.15) is 5.82 Å². The van der Waals surface area contributed by atoms with Crippen molar-refractivity contribution in [1.82, 2.24) is 29.4 Å². The summed E-state index contributed by atoms with van der Waals surface area (Å²) in [5.41, 5.74) is 3.99. The van der Waals surface area contributed by atoms with Crippen LogP contribution in [0.5, 0.6) is 0 Å². The summed E-state index contributed by atoms with van der Waals surface area (Å²) in [7, 11) is 1.95. The Labute approximate surface area is 198 Å². The predicted octanol–water partition coefficient (Wildman–Crippen LogP) is 3.14. The Kier molecular flexibility index (Phi) is 5.30. The molecular weight excluding hydrogens is 426 g/mol. The largest absolute Gasteiger partial charge is 0.354 e. The Morgan fingerprint density at radius 3 is 2.65 bits per heavy atom. The lowest BCUT2D eigenvalue weighted by atomic mass is 10.1. The van der Waals surface area contributed by atoms with Crippen LogP contribution in [0.1, 0.15) is 28.9 Å². The topological polar surface area (TPSA) is 80.0 Å². The number of hydrogen-bond acceptors (Lipinski definition) is 7. The van der Waals surface area contributed by atoms with E-state index in [1.54, 1.807) is 31.0 Å². The van der Waals surface area contributed by atoms with E-state index in [2.05, 4.69) is 24.8 Å². The summed E-state index contributed by atoms with van der Waals surface area (Å²) in [6, 6.07) is 10.4. The van der Waals surface area contributed by atoms with Crippen LogP contribution in [0.4, 0.5) is 5.82 Å². The summed E-state index contributed by atoms with van der Waals surface area (Å²) in [6.07, 6.45) is 9.99. The van der Waals surface area contributed by atoms with E-state index in [1.807, 2.05) is 35.9 Å². The Hall–Kier alpha value is -3.65. The van der Waals surface area contributed by atoms with Crippen LogP contribution in [0.2, 0.25) is 0 Å². The van der Waals surface area contributed by atoms with Crippen LogP contribution < -0.4 is 4.90 Å². The molecule has 0 aromatic carbocycles. The van der Waals surface area contributed by atoms with Crippen molar-refractivity contribution in [2.45, 2.75) is 25.3 Å². The smallest absolute Gasteiger partial charge is 0.169 e. The van der Waals surface area contributed by atoms with E-state index < -0.39 is 0 Å². The summed E-state index contributed by atoms with van der Waals surface area (Å²) >= 11 is 0. The predicted molar refractivity (Wildman–Crippen MR) is 131 cm³/mol. The van der Waals surface area contributed by atoms with Gasteiger partial charge in [-0.05, 0) is 43.2 Å². The van der Waals surface area contributed by atoms with Gasteiger partial charge in [0, 0.05) is 62.6 Å². The molecule has 1 saturated heterocycles. The number of nitrogens with zero attached hydrogens (tertiary/aromatic N) is 7. The first-order valence-corrected chi connectivity index (χ1v) is 11.8. The number of Topliss-reactive ketones (excluding diaryl/α,β-unsaturated/α-hetero) is 1. The lowest BCUT2D eigenvalue weighted by molar-refractivity contribution is 0.0992. The third kappa shape index (κ3) is 4.17. The molecule has 8 heteroatoms. The van der Waals surface area contributed by atoms with Gasteiger partial charge in [-0.1, -0.05) is 0 Å². The van der Waals surface area contributed by atoms with Crippen molar-refractivity contribution in [2.24, 2.45) is 7.05 Å². The molecule has 0 radical (unpaired) electrons. The minimum absolute atomic E-state index is 0.0369. The fraction of sp³-hybridized carbons (Fsp3) is 0.346. The average molecular weight is 454 g/mol. The van der Waals surface area contributed by atoms with Crippen LogP contribution in [-0.4, -0.2) is 67.4 Å².